The summed E-state index contributed by atoms with van der Waals surface area (Å²) in [5.41, 5.74) is 9.64. The predicted molar refractivity (Wildman–Crippen MR) is 125 cm³/mol. The molecule has 168 valence electrons. The van der Waals surface area contributed by atoms with Gasteiger partial charge >= 0.3 is 0 Å². The van der Waals surface area contributed by atoms with Crippen LogP contribution in [-0.4, -0.2) is 18.8 Å². The molecule has 2 aromatic rings. The fraction of sp³-hybridized carbons (Fsp3) is 0.480. The van der Waals surface area contributed by atoms with E-state index in [1.807, 2.05) is 26.0 Å². The maximum Gasteiger partial charge on any atom is 0.295 e. The van der Waals surface area contributed by atoms with E-state index in [0.717, 1.165) is 5.56 Å². The lowest BCUT2D eigenvalue weighted by atomic mass is 9.86. The van der Waals surface area contributed by atoms with Crippen molar-refractivity contribution in [2.24, 2.45) is 0 Å². The van der Waals surface area contributed by atoms with E-state index in [2.05, 4.69) is 12.1 Å². The Morgan fingerprint density at radius 3 is 2.13 bits per heavy atom. The summed E-state index contributed by atoms with van der Waals surface area (Å²) < 4.78 is 34.6. The van der Waals surface area contributed by atoms with Gasteiger partial charge in [-0.2, -0.15) is 8.42 Å². The molecule has 2 aromatic carbocycles. The van der Waals surface area contributed by atoms with Gasteiger partial charge in [0.1, 0.15) is 4.90 Å². The molecule has 1 fully saturated rings. The predicted octanol–water partition coefficient (Wildman–Crippen LogP) is 5.85. The summed E-state index contributed by atoms with van der Waals surface area (Å²) in [7, 11) is -4.52. The van der Waals surface area contributed by atoms with Crippen molar-refractivity contribution in [2.75, 3.05) is 5.73 Å². The molecule has 0 amide bonds. The summed E-state index contributed by atoms with van der Waals surface area (Å²) in [5, 5.41) is 0. The molecular weight excluding hydrogens is 410 g/mol. The third-order valence-corrected chi connectivity index (χ3v) is 7.25. The Bertz CT molecular complexity index is 1060. The van der Waals surface area contributed by atoms with Crippen LogP contribution in [0.4, 0.5) is 5.69 Å². The molecular formula is C25H33NO4S. The monoisotopic (exact) mass is 443 g/mol. The molecule has 0 unspecified atom stereocenters. The molecule has 1 aliphatic carbocycles. The average Bonchev–Trinajstić information content (AvgIpc) is 3.21. The largest absolute Gasteiger partial charge is 0.398 e. The average molecular weight is 444 g/mol. The fourth-order valence-corrected chi connectivity index (χ4v) is 5.96. The minimum absolute atomic E-state index is 0.126. The number of Topliss-reactive ketones (excluding diaryl/α,β-unsaturated/α-hetero) is 1. The normalized spacial score (nSPS) is 15.2. The third-order valence-electron chi connectivity index (χ3n) is 6.28. The van der Waals surface area contributed by atoms with Crippen LogP contribution in [0.3, 0.4) is 0 Å². The number of carbonyl (C=O) groups excluding carboxylic acids is 1. The molecule has 0 saturated heterocycles. The maximum absolute atomic E-state index is 13.3. The Kier molecular flexibility index (Phi) is 6.92. The van der Waals surface area contributed by atoms with Crippen molar-refractivity contribution in [1.29, 1.82) is 0 Å². The molecule has 6 heteroatoms. The van der Waals surface area contributed by atoms with Crippen molar-refractivity contribution in [1.82, 2.24) is 0 Å². The van der Waals surface area contributed by atoms with Crippen molar-refractivity contribution in [3.05, 3.63) is 58.1 Å². The van der Waals surface area contributed by atoms with Crippen LogP contribution in [-0.2, 0) is 16.5 Å². The van der Waals surface area contributed by atoms with Crippen LogP contribution in [0, 0.1) is 0 Å². The Morgan fingerprint density at radius 2 is 1.65 bits per heavy atom. The lowest BCUT2D eigenvalue weighted by Gasteiger charge is -2.22. The van der Waals surface area contributed by atoms with Crippen LogP contribution in [0.5, 0.6) is 0 Å². The number of anilines is 1. The minimum atomic E-state index is -4.52. The number of hydrogen-bond acceptors (Lipinski definition) is 4. The Labute approximate surface area is 185 Å². The number of hydrogen-bond donors (Lipinski definition) is 2. The van der Waals surface area contributed by atoms with Crippen LogP contribution < -0.4 is 5.73 Å². The van der Waals surface area contributed by atoms with Crippen LogP contribution in [0.15, 0.2) is 35.2 Å². The molecule has 0 heterocycles. The number of benzene rings is 2. The zero-order chi connectivity index (χ0) is 22.9. The summed E-state index contributed by atoms with van der Waals surface area (Å²) in [6.07, 6.45) is 5.09. The van der Waals surface area contributed by atoms with Crippen molar-refractivity contribution < 1.29 is 17.8 Å². The molecule has 0 spiro atoms. The number of carbonyl (C=O) groups is 1. The summed E-state index contributed by atoms with van der Waals surface area (Å²) in [4.78, 5) is 13.1. The summed E-state index contributed by atoms with van der Waals surface area (Å²) >= 11 is 0. The van der Waals surface area contributed by atoms with Crippen molar-refractivity contribution in [3.63, 3.8) is 0 Å². The van der Waals surface area contributed by atoms with E-state index >= 15 is 0 Å². The zero-order valence-corrected chi connectivity index (χ0v) is 19.6. The Hall–Kier alpha value is -2.18. The Morgan fingerprint density at radius 1 is 1.06 bits per heavy atom. The molecule has 3 N–H and O–H groups in total. The second-order valence-corrected chi connectivity index (χ2v) is 10.6. The SMILES string of the molecule is CC(C)c1cc(N)c(C(=O)Cc2ccc(C3CCCC3)cc2)c(C(C)C)c1S(=O)(=O)O. The van der Waals surface area contributed by atoms with E-state index in [9.17, 15) is 17.8 Å². The van der Waals surface area contributed by atoms with E-state index in [0.29, 0.717) is 17.0 Å². The van der Waals surface area contributed by atoms with Crippen molar-refractivity contribution in [3.8, 4) is 0 Å². The Balaban J connectivity index is 2.02. The van der Waals surface area contributed by atoms with E-state index in [4.69, 9.17) is 5.73 Å². The molecule has 0 bridgehead atoms. The smallest absolute Gasteiger partial charge is 0.295 e. The molecule has 0 atom stereocenters. The first-order valence-electron chi connectivity index (χ1n) is 11.1. The van der Waals surface area contributed by atoms with E-state index in [1.54, 1.807) is 13.8 Å². The summed E-state index contributed by atoms with van der Waals surface area (Å²) in [6.45, 7) is 7.28. The highest BCUT2D eigenvalue weighted by Crippen LogP contribution is 2.38. The van der Waals surface area contributed by atoms with Crippen molar-refractivity contribution in [2.45, 2.75) is 82.4 Å². The molecule has 0 aliphatic heterocycles. The first-order chi connectivity index (χ1) is 14.5. The quantitative estimate of drug-likeness (QED) is 0.318. The van der Waals surface area contributed by atoms with Gasteiger partial charge in [-0.3, -0.25) is 9.35 Å². The first-order valence-corrected chi connectivity index (χ1v) is 12.5. The number of rotatable bonds is 7. The molecule has 3 rings (SSSR count). The molecule has 1 aliphatic rings. The highest BCUT2D eigenvalue weighted by molar-refractivity contribution is 7.86. The molecule has 31 heavy (non-hydrogen) atoms. The van der Waals surface area contributed by atoms with Crippen molar-refractivity contribution >= 4 is 21.6 Å². The number of nitrogens with two attached hydrogens (primary N) is 1. The molecule has 0 aromatic heterocycles. The lowest BCUT2D eigenvalue weighted by molar-refractivity contribution is 0.0992. The van der Waals surface area contributed by atoms with Gasteiger partial charge in [0.15, 0.2) is 5.78 Å². The van der Waals surface area contributed by atoms with Gasteiger partial charge in [0.05, 0.1) is 0 Å². The highest BCUT2D eigenvalue weighted by Gasteiger charge is 2.30. The van der Waals surface area contributed by atoms with Gasteiger partial charge < -0.3 is 5.73 Å². The van der Waals surface area contributed by atoms with E-state index < -0.39 is 10.1 Å². The molecule has 0 radical (unpaired) electrons. The van der Waals surface area contributed by atoms with Gasteiger partial charge in [-0.15, -0.1) is 0 Å². The van der Waals surface area contributed by atoms with Crippen LogP contribution in [0.25, 0.3) is 0 Å². The zero-order valence-electron chi connectivity index (χ0n) is 18.8. The van der Waals surface area contributed by atoms with Crippen LogP contribution in [0.1, 0.15) is 104 Å². The number of ketones is 1. The van der Waals surface area contributed by atoms with Gasteiger partial charge in [0, 0.05) is 17.7 Å². The van der Waals surface area contributed by atoms with Gasteiger partial charge in [0.2, 0.25) is 0 Å². The van der Waals surface area contributed by atoms with E-state index in [-0.39, 0.29) is 40.2 Å². The van der Waals surface area contributed by atoms with Crippen LogP contribution >= 0.6 is 0 Å². The van der Waals surface area contributed by atoms with Gasteiger partial charge in [0.25, 0.3) is 10.1 Å². The summed E-state index contributed by atoms with van der Waals surface area (Å²) in [5.74, 6) is -0.116. The van der Waals surface area contributed by atoms with Gasteiger partial charge in [-0.25, -0.2) is 0 Å². The standard InChI is InChI=1S/C25H33NO4S/c1-15(2)20-14-21(26)24(23(16(3)4)25(20)31(28,29)30)22(27)13-17-9-11-19(12-10-17)18-7-5-6-8-18/h9-12,14-16,18H,5-8,13,26H2,1-4H3,(H,28,29,30). The maximum atomic E-state index is 13.3. The highest BCUT2D eigenvalue weighted by atomic mass is 32.2. The van der Waals surface area contributed by atoms with Gasteiger partial charge in [-0.05, 0) is 58.9 Å². The molecule has 5 nitrogen and oxygen atoms in total. The van der Waals surface area contributed by atoms with E-state index in [1.165, 1.54) is 37.3 Å². The first kappa shape index (κ1) is 23.5. The van der Waals surface area contributed by atoms with Gasteiger partial charge in [-0.1, -0.05) is 64.8 Å². The number of nitrogen functional groups attached to an aromatic ring is 1. The second-order valence-electron chi connectivity index (χ2n) is 9.28. The summed E-state index contributed by atoms with van der Waals surface area (Å²) in [6, 6.07) is 9.66. The lowest BCUT2D eigenvalue weighted by Crippen LogP contribution is -2.18. The molecule has 1 saturated carbocycles. The topological polar surface area (TPSA) is 97.5 Å². The third kappa shape index (κ3) is 5.01. The fourth-order valence-electron chi connectivity index (χ4n) is 4.75. The minimum Gasteiger partial charge on any atom is -0.398 e. The van der Waals surface area contributed by atoms with Crippen LogP contribution in [0.2, 0.25) is 0 Å². The second kappa shape index (κ2) is 9.13.